The molecule has 2 aliphatic heterocycles. The Morgan fingerprint density at radius 1 is 0.889 bits per heavy atom. The minimum Gasteiger partial charge on any atom is -0.359 e. The van der Waals surface area contributed by atoms with E-state index in [1.54, 1.807) is 0 Å². The van der Waals surface area contributed by atoms with E-state index in [1.165, 1.54) is 0 Å². The van der Waals surface area contributed by atoms with Crippen molar-refractivity contribution in [2.75, 3.05) is 10.2 Å². The van der Waals surface area contributed by atoms with Crippen molar-refractivity contribution in [3.05, 3.63) is 96.1 Å². The zero-order valence-corrected chi connectivity index (χ0v) is 14.5. The SMILES string of the molecule is O=C1C[C@]2(c3ccccc3)ON=C(c3ccccc3)N2c2ccccc2N1. The number of para-hydroxylation sites is 2. The van der Waals surface area contributed by atoms with Gasteiger partial charge in [0.25, 0.3) is 0 Å². The maximum atomic E-state index is 12.7. The van der Waals surface area contributed by atoms with Gasteiger partial charge in [-0.3, -0.25) is 9.69 Å². The van der Waals surface area contributed by atoms with Crippen LogP contribution in [0.1, 0.15) is 17.5 Å². The lowest BCUT2D eigenvalue weighted by Gasteiger charge is -2.36. The summed E-state index contributed by atoms with van der Waals surface area (Å²) in [5.41, 5.74) is 2.39. The number of anilines is 2. The van der Waals surface area contributed by atoms with Crippen LogP contribution >= 0.6 is 0 Å². The number of hydrogen-bond acceptors (Lipinski definition) is 4. The van der Waals surface area contributed by atoms with Gasteiger partial charge in [-0.25, -0.2) is 0 Å². The fraction of sp³-hybridized carbons (Fsp3) is 0.0909. The molecular weight excluding hydrogens is 338 g/mol. The Bertz CT molecular complexity index is 1030. The number of hydrogen-bond donors (Lipinski definition) is 1. The third-order valence-corrected chi connectivity index (χ3v) is 4.93. The first-order valence-electron chi connectivity index (χ1n) is 8.84. The molecule has 0 aromatic heterocycles. The van der Waals surface area contributed by atoms with E-state index in [0.717, 1.165) is 22.5 Å². The van der Waals surface area contributed by atoms with Crippen LogP contribution in [0.3, 0.4) is 0 Å². The Balaban J connectivity index is 1.77. The highest BCUT2D eigenvalue weighted by molar-refractivity contribution is 6.15. The molecule has 0 fully saturated rings. The molecular formula is C22H17N3O2. The Kier molecular flexibility index (Phi) is 3.47. The van der Waals surface area contributed by atoms with Crippen LogP contribution in [0, 0.1) is 0 Å². The van der Waals surface area contributed by atoms with Gasteiger partial charge in [-0.15, -0.1) is 0 Å². The molecule has 0 bridgehead atoms. The third-order valence-electron chi connectivity index (χ3n) is 4.93. The maximum absolute atomic E-state index is 12.7. The van der Waals surface area contributed by atoms with E-state index in [0.29, 0.717) is 5.84 Å². The fourth-order valence-corrected chi connectivity index (χ4v) is 3.73. The number of amidine groups is 1. The molecule has 2 heterocycles. The molecule has 1 N–H and O–H groups in total. The lowest BCUT2D eigenvalue weighted by molar-refractivity contribution is -0.123. The normalized spacial score (nSPS) is 20.7. The predicted octanol–water partition coefficient (Wildman–Crippen LogP) is 4.08. The molecule has 1 amide bonds. The molecule has 2 aliphatic rings. The van der Waals surface area contributed by atoms with Gasteiger partial charge in [0.2, 0.25) is 11.6 Å². The molecule has 27 heavy (non-hydrogen) atoms. The summed E-state index contributed by atoms with van der Waals surface area (Å²) >= 11 is 0. The number of carbonyl (C=O) groups is 1. The van der Waals surface area contributed by atoms with Gasteiger partial charge in [0.15, 0.2) is 5.84 Å². The first-order chi connectivity index (χ1) is 13.3. The summed E-state index contributed by atoms with van der Waals surface area (Å²) in [6.07, 6.45) is 0.130. The van der Waals surface area contributed by atoms with E-state index >= 15 is 0 Å². The molecule has 5 heteroatoms. The van der Waals surface area contributed by atoms with E-state index < -0.39 is 5.72 Å². The minimum atomic E-state index is -1.02. The second-order valence-corrected chi connectivity index (χ2v) is 6.60. The quantitative estimate of drug-likeness (QED) is 0.754. The van der Waals surface area contributed by atoms with Crippen LogP contribution in [-0.4, -0.2) is 11.7 Å². The van der Waals surface area contributed by atoms with Gasteiger partial charge < -0.3 is 10.2 Å². The molecule has 1 atom stereocenters. The first kappa shape index (κ1) is 15.6. The predicted molar refractivity (Wildman–Crippen MR) is 104 cm³/mol. The smallest absolute Gasteiger partial charge is 0.250 e. The summed E-state index contributed by atoms with van der Waals surface area (Å²) in [6.45, 7) is 0. The second-order valence-electron chi connectivity index (χ2n) is 6.60. The number of fused-ring (bicyclic) bond motifs is 3. The molecule has 3 aromatic rings. The summed E-state index contributed by atoms with van der Waals surface area (Å²) in [5.74, 6) is 0.571. The number of nitrogens with zero attached hydrogens (tertiary/aromatic N) is 2. The number of amides is 1. The Hall–Kier alpha value is -3.60. The van der Waals surface area contributed by atoms with Crippen molar-refractivity contribution < 1.29 is 9.63 Å². The van der Waals surface area contributed by atoms with Crippen molar-refractivity contribution in [2.24, 2.45) is 5.16 Å². The van der Waals surface area contributed by atoms with E-state index in [9.17, 15) is 4.79 Å². The van der Waals surface area contributed by atoms with Gasteiger partial charge in [0.05, 0.1) is 17.8 Å². The molecule has 5 rings (SSSR count). The van der Waals surface area contributed by atoms with Gasteiger partial charge in [-0.2, -0.15) is 0 Å². The van der Waals surface area contributed by atoms with Crippen LogP contribution in [-0.2, 0) is 15.4 Å². The van der Waals surface area contributed by atoms with Gasteiger partial charge in [-0.05, 0) is 12.1 Å². The largest absolute Gasteiger partial charge is 0.359 e. The molecule has 0 aliphatic carbocycles. The van der Waals surface area contributed by atoms with Crippen LogP contribution in [0.25, 0.3) is 0 Å². The number of oxime groups is 1. The molecule has 0 radical (unpaired) electrons. The van der Waals surface area contributed by atoms with Crippen LogP contribution in [0.2, 0.25) is 0 Å². The average molecular weight is 355 g/mol. The number of benzene rings is 3. The van der Waals surface area contributed by atoms with Crippen molar-refractivity contribution in [1.82, 2.24) is 0 Å². The van der Waals surface area contributed by atoms with Crippen molar-refractivity contribution in [1.29, 1.82) is 0 Å². The van der Waals surface area contributed by atoms with Gasteiger partial charge in [0, 0.05) is 11.1 Å². The minimum absolute atomic E-state index is 0.113. The highest BCUT2D eigenvalue weighted by Crippen LogP contribution is 2.47. The summed E-state index contributed by atoms with van der Waals surface area (Å²) < 4.78 is 0. The van der Waals surface area contributed by atoms with E-state index in [1.807, 2.05) is 89.8 Å². The summed E-state index contributed by atoms with van der Waals surface area (Å²) in [6, 6.07) is 27.4. The lowest BCUT2D eigenvalue weighted by Crippen LogP contribution is -2.47. The Labute approximate surface area is 156 Å². The summed E-state index contributed by atoms with van der Waals surface area (Å²) in [5, 5.41) is 7.44. The molecule has 3 aromatic carbocycles. The zero-order valence-electron chi connectivity index (χ0n) is 14.5. The van der Waals surface area contributed by atoms with Crippen LogP contribution in [0.4, 0.5) is 11.4 Å². The first-order valence-corrected chi connectivity index (χ1v) is 8.84. The zero-order chi connectivity index (χ0) is 18.3. The number of rotatable bonds is 2. The van der Waals surface area contributed by atoms with E-state index in [2.05, 4.69) is 10.5 Å². The molecule has 0 saturated heterocycles. The number of carbonyl (C=O) groups excluding carboxylic acids is 1. The third kappa shape index (κ3) is 2.39. The molecule has 0 spiro atoms. The standard InChI is InChI=1S/C22H17N3O2/c26-20-15-22(17-11-5-2-6-12-17)25(19-14-8-7-13-18(19)23-20)21(24-27-22)16-9-3-1-4-10-16/h1-14H,15H2,(H,23,26)/t22-/m1/s1. The topological polar surface area (TPSA) is 53.9 Å². The van der Waals surface area contributed by atoms with Crippen LogP contribution in [0.15, 0.2) is 90.1 Å². The Morgan fingerprint density at radius 2 is 1.56 bits per heavy atom. The molecule has 5 nitrogen and oxygen atoms in total. The van der Waals surface area contributed by atoms with E-state index in [-0.39, 0.29) is 12.3 Å². The van der Waals surface area contributed by atoms with E-state index in [4.69, 9.17) is 4.84 Å². The van der Waals surface area contributed by atoms with Crippen LogP contribution < -0.4 is 10.2 Å². The second kappa shape index (κ2) is 5.99. The average Bonchev–Trinajstić information content (AvgIpc) is 3.03. The van der Waals surface area contributed by atoms with Gasteiger partial charge in [-0.1, -0.05) is 78.0 Å². The van der Waals surface area contributed by atoms with Crippen molar-refractivity contribution in [3.8, 4) is 0 Å². The summed E-state index contributed by atoms with van der Waals surface area (Å²) in [7, 11) is 0. The molecule has 132 valence electrons. The van der Waals surface area contributed by atoms with Crippen LogP contribution in [0.5, 0.6) is 0 Å². The molecule has 0 saturated carbocycles. The Morgan fingerprint density at radius 3 is 2.33 bits per heavy atom. The van der Waals surface area contributed by atoms with Crippen molar-refractivity contribution in [3.63, 3.8) is 0 Å². The van der Waals surface area contributed by atoms with Gasteiger partial charge >= 0.3 is 0 Å². The van der Waals surface area contributed by atoms with Gasteiger partial charge in [0.1, 0.15) is 0 Å². The monoisotopic (exact) mass is 355 g/mol. The highest BCUT2D eigenvalue weighted by Gasteiger charge is 2.52. The lowest BCUT2D eigenvalue weighted by atomic mass is 9.96. The van der Waals surface area contributed by atoms with Crippen molar-refractivity contribution >= 4 is 23.1 Å². The summed E-state index contributed by atoms with van der Waals surface area (Å²) in [4.78, 5) is 20.8. The highest BCUT2D eigenvalue weighted by atomic mass is 16.7. The molecule has 0 unspecified atom stereocenters. The fourth-order valence-electron chi connectivity index (χ4n) is 3.73. The van der Waals surface area contributed by atoms with Crippen molar-refractivity contribution in [2.45, 2.75) is 12.1 Å². The maximum Gasteiger partial charge on any atom is 0.250 e. The number of nitrogens with one attached hydrogen (secondary N) is 1.